The van der Waals surface area contributed by atoms with E-state index in [1.165, 1.54) is 5.57 Å². The molecule has 4 nitrogen and oxygen atoms in total. The van der Waals surface area contributed by atoms with E-state index >= 15 is 0 Å². The molecule has 0 amide bonds. The SMILES string of the molecule is C[C@]12C=CC(=O)C=C1CC[C@@H]1[C@@H]2[C@@H](O)C[C@@]2(C)[C@H]1CC[C@@]21OC1CO. The molecule has 5 rings (SSSR count). The lowest BCUT2D eigenvalue weighted by atomic mass is 9.46. The third-order valence-electron chi connectivity index (χ3n) is 8.66. The van der Waals surface area contributed by atoms with Gasteiger partial charge in [-0.2, -0.15) is 0 Å². The van der Waals surface area contributed by atoms with Crippen molar-refractivity contribution in [3.05, 3.63) is 23.8 Å². The predicted molar refractivity (Wildman–Crippen MR) is 92.7 cm³/mol. The van der Waals surface area contributed by atoms with Gasteiger partial charge in [0.05, 0.1) is 12.7 Å². The Kier molecular flexibility index (Phi) is 3.14. The largest absolute Gasteiger partial charge is 0.394 e. The molecular weight excluding hydrogens is 316 g/mol. The number of aliphatic hydroxyl groups is 2. The highest BCUT2D eigenvalue weighted by Gasteiger charge is 2.75. The van der Waals surface area contributed by atoms with Crippen LogP contribution in [-0.4, -0.2) is 40.4 Å². The molecule has 5 aliphatic rings. The van der Waals surface area contributed by atoms with Gasteiger partial charge in [0.25, 0.3) is 0 Å². The Hall–Kier alpha value is -0.970. The Morgan fingerprint density at radius 1 is 1.32 bits per heavy atom. The topological polar surface area (TPSA) is 70.1 Å². The number of allylic oxidation sites excluding steroid dienone is 4. The normalized spacial score (nSPS) is 56.2. The summed E-state index contributed by atoms with van der Waals surface area (Å²) < 4.78 is 6.03. The van der Waals surface area contributed by atoms with Crippen molar-refractivity contribution >= 4 is 5.78 Å². The van der Waals surface area contributed by atoms with Crippen molar-refractivity contribution in [1.82, 2.24) is 0 Å². The smallest absolute Gasteiger partial charge is 0.178 e. The van der Waals surface area contributed by atoms with Crippen molar-refractivity contribution in [3.63, 3.8) is 0 Å². The maximum absolute atomic E-state index is 11.8. The number of carbonyl (C=O) groups is 1. The summed E-state index contributed by atoms with van der Waals surface area (Å²) in [5, 5.41) is 20.9. The zero-order valence-electron chi connectivity index (χ0n) is 15.1. The van der Waals surface area contributed by atoms with Gasteiger partial charge < -0.3 is 14.9 Å². The van der Waals surface area contributed by atoms with E-state index in [0.717, 1.165) is 32.1 Å². The number of ketones is 1. The van der Waals surface area contributed by atoms with Crippen molar-refractivity contribution in [2.75, 3.05) is 6.61 Å². The van der Waals surface area contributed by atoms with Crippen LogP contribution in [0.4, 0.5) is 0 Å². The van der Waals surface area contributed by atoms with Crippen LogP contribution in [0.1, 0.15) is 46.0 Å². The Morgan fingerprint density at radius 2 is 2.12 bits per heavy atom. The van der Waals surface area contributed by atoms with Crippen LogP contribution in [0, 0.1) is 28.6 Å². The monoisotopic (exact) mass is 344 g/mol. The van der Waals surface area contributed by atoms with Gasteiger partial charge in [-0.3, -0.25) is 4.79 Å². The summed E-state index contributed by atoms with van der Waals surface area (Å²) >= 11 is 0. The van der Waals surface area contributed by atoms with E-state index in [2.05, 4.69) is 19.9 Å². The molecule has 0 bridgehead atoms. The lowest BCUT2D eigenvalue weighted by Crippen LogP contribution is -2.57. The molecule has 2 N–H and O–H groups in total. The third-order valence-corrected chi connectivity index (χ3v) is 8.66. The second-order valence-corrected chi connectivity index (χ2v) is 9.43. The fraction of sp³-hybridized carbons (Fsp3) is 0.762. The van der Waals surface area contributed by atoms with Gasteiger partial charge in [0, 0.05) is 16.7 Å². The minimum Gasteiger partial charge on any atom is -0.394 e. The summed E-state index contributed by atoms with van der Waals surface area (Å²) in [5.74, 6) is 1.24. The average molecular weight is 344 g/mol. The van der Waals surface area contributed by atoms with Crippen molar-refractivity contribution in [2.24, 2.45) is 28.6 Å². The summed E-state index contributed by atoms with van der Waals surface area (Å²) in [5.41, 5.74) is 0.738. The Labute approximate surface area is 148 Å². The highest BCUT2D eigenvalue weighted by Crippen LogP contribution is 2.72. The minimum absolute atomic E-state index is 0.0481. The van der Waals surface area contributed by atoms with Crippen molar-refractivity contribution < 1.29 is 19.7 Å². The number of hydrogen-bond acceptors (Lipinski definition) is 4. The number of hydrogen-bond donors (Lipinski definition) is 2. The summed E-state index contributed by atoms with van der Waals surface area (Å²) in [6.07, 6.45) is 9.97. The fourth-order valence-electron chi connectivity index (χ4n) is 7.47. The van der Waals surface area contributed by atoms with E-state index in [-0.39, 0.29) is 40.8 Å². The van der Waals surface area contributed by atoms with Crippen LogP contribution in [0.5, 0.6) is 0 Å². The van der Waals surface area contributed by atoms with Crippen LogP contribution in [0.2, 0.25) is 0 Å². The maximum atomic E-state index is 11.8. The molecule has 4 fully saturated rings. The van der Waals surface area contributed by atoms with Gasteiger partial charge in [-0.25, -0.2) is 0 Å². The van der Waals surface area contributed by atoms with Gasteiger partial charge in [0.15, 0.2) is 5.78 Å². The zero-order chi connectivity index (χ0) is 17.6. The highest BCUT2D eigenvalue weighted by molar-refractivity contribution is 6.01. The van der Waals surface area contributed by atoms with Crippen LogP contribution < -0.4 is 0 Å². The van der Waals surface area contributed by atoms with Gasteiger partial charge >= 0.3 is 0 Å². The molecule has 0 aromatic heterocycles. The molecule has 1 spiro atoms. The summed E-state index contributed by atoms with van der Waals surface area (Å²) in [7, 11) is 0. The summed E-state index contributed by atoms with van der Waals surface area (Å²) in [6, 6.07) is 0. The molecule has 0 radical (unpaired) electrons. The predicted octanol–water partition coefficient (Wildman–Crippen LogP) is 2.40. The number of epoxide rings is 1. The molecule has 1 unspecified atom stereocenters. The first-order chi connectivity index (χ1) is 11.9. The molecular formula is C21H28O4. The lowest BCUT2D eigenvalue weighted by Gasteiger charge is -2.58. The number of carbonyl (C=O) groups excluding carboxylic acids is 1. The Balaban J connectivity index is 1.53. The molecule has 0 aromatic rings. The second kappa shape index (κ2) is 4.85. The Morgan fingerprint density at radius 3 is 2.84 bits per heavy atom. The second-order valence-electron chi connectivity index (χ2n) is 9.43. The number of rotatable bonds is 1. The van der Waals surface area contributed by atoms with E-state index in [1.54, 1.807) is 12.2 Å². The molecule has 136 valence electrons. The van der Waals surface area contributed by atoms with E-state index < -0.39 is 6.10 Å². The molecule has 4 heteroatoms. The van der Waals surface area contributed by atoms with Crippen molar-refractivity contribution in [2.45, 2.75) is 63.8 Å². The van der Waals surface area contributed by atoms with Crippen LogP contribution in [0.25, 0.3) is 0 Å². The number of fused-ring (bicyclic) bond motifs is 6. The molecule has 1 heterocycles. The average Bonchev–Trinajstić information content (AvgIpc) is 3.22. The standard InChI is InChI=1S/C21H28O4/c1-19-7-5-13(23)9-12(19)3-4-14-15-6-8-21(17(11-22)25-21)20(15,2)10-16(24)18(14)19/h5,7,9,14-18,22,24H,3-4,6,8,10-11H2,1-2H3/t14-,15-,16-,17?,18+,19-,20-,21-/m0/s1. The van der Waals surface area contributed by atoms with E-state index in [0.29, 0.717) is 11.8 Å². The van der Waals surface area contributed by atoms with Gasteiger partial charge in [-0.1, -0.05) is 25.5 Å². The fourth-order valence-corrected chi connectivity index (χ4v) is 7.47. The highest BCUT2D eigenvalue weighted by atomic mass is 16.6. The molecule has 3 saturated carbocycles. The lowest BCUT2D eigenvalue weighted by molar-refractivity contribution is -0.121. The van der Waals surface area contributed by atoms with Crippen molar-refractivity contribution in [3.8, 4) is 0 Å². The first kappa shape index (κ1) is 16.2. The first-order valence-corrected chi connectivity index (χ1v) is 9.77. The van der Waals surface area contributed by atoms with Gasteiger partial charge in [0.1, 0.15) is 11.7 Å². The van der Waals surface area contributed by atoms with Gasteiger partial charge in [0.2, 0.25) is 0 Å². The van der Waals surface area contributed by atoms with E-state index in [9.17, 15) is 15.0 Å². The maximum Gasteiger partial charge on any atom is 0.178 e. The number of ether oxygens (including phenoxy) is 1. The van der Waals surface area contributed by atoms with Gasteiger partial charge in [-0.05, 0) is 56.1 Å². The third kappa shape index (κ3) is 1.81. The van der Waals surface area contributed by atoms with Crippen LogP contribution >= 0.6 is 0 Å². The first-order valence-electron chi connectivity index (χ1n) is 9.77. The summed E-state index contributed by atoms with van der Waals surface area (Å²) in [6.45, 7) is 4.58. The Bertz CT molecular complexity index is 696. The zero-order valence-corrected chi connectivity index (χ0v) is 15.1. The van der Waals surface area contributed by atoms with Crippen LogP contribution in [0.15, 0.2) is 23.8 Å². The van der Waals surface area contributed by atoms with E-state index in [4.69, 9.17) is 4.74 Å². The van der Waals surface area contributed by atoms with Crippen LogP contribution in [0.3, 0.4) is 0 Å². The van der Waals surface area contributed by atoms with Crippen molar-refractivity contribution in [1.29, 1.82) is 0 Å². The van der Waals surface area contributed by atoms with Gasteiger partial charge in [-0.15, -0.1) is 0 Å². The van der Waals surface area contributed by atoms with Crippen LogP contribution in [-0.2, 0) is 9.53 Å². The molecule has 4 aliphatic carbocycles. The molecule has 0 aromatic carbocycles. The summed E-state index contributed by atoms with van der Waals surface area (Å²) in [4.78, 5) is 11.8. The molecule has 1 aliphatic heterocycles. The quantitative estimate of drug-likeness (QED) is 0.717. The molecule has 1 saturated heterocycles. The number of aliphatic hydroxyl groups excluding tert-OH is 2. The van der Waals surface area contributed by atoms with E-state index in [1.807, 2.05) is 0 Å². The molecule has 8 atom stereocenters. The molecule has 25 heavy (non-hydrogen) atoms. The minimum atomic E-state index is -0.392.